The molecule has 2 aromatic rings. The van der Waals surface area contributed by atoms with Gasteiger partial charge in [-0.25, -0.2) is 14.2 Å². The van der Waals surface area contributed by atoms with E-state index in [4.69, 9.17) is 25.8 Å². The van der Waals surface area contributed by atoms with Gasteiger partial charge in [-0.3, -0.25) is 4.79 Å². The molecule has 0 aliphatic carbocycles. The van der Waals surface area contributed by atoms with Gasteiger partial charge in [0.2, 0.25) is 0 Å². The number of amides is 2. The lowest BCUT2D eigenvalue weighted by molar-refractivity contribution is 0.0165. The first-order chi connectivity index (χ1) is 17.5. The van der Waals surface area contributed by atoms with Crippen molar-refractivity contribution in [3.8, 4) is 11.5 Å². The third kappa shape index (κ3) is 5.92. The van der Waals surface area contributed by atoms with Gasteiger partial charge in [0.05, 0.1) is 32.0 Å². The zero-order valence-corrected chi connectivity index (χ0v) is 22.7. The molecule has 0 spiro atoms. The van der Waals surface area contributed by atoms with E-state index >= 15 is 4.39 Å². The topological polar surface area (TPSA) is 81.2 Å². The molecule has 0 saturated carbocycles. The van der Waals surface area contributed by atoms with Crippen molar-refractivity contribution in [2.24, 2.45) is 5.92 Å². The molecule has 1 atom stereocenters. The highest BCUT2D eigenvalue weighted by atomic mass is 35.5. The minimum atomic E-state index is -0.584. The Labute approximate surface area is 221 Å². The molecule has 1 unspecified atom stereocenters. The molecule has 200 valence electrons. The number of hydrogen-bond donors (Lipinski definition) is 0. The molecule has 1 aromatic heterocycles. The lowest BCUT2D eigenvalue weighted by Crippen LogP contribution is -2.43. The van der Waals surface area contributed by atoms with Crippen molar-refractivity contribution in [1.29, 1.82) is 0 Å². The number of carbonyl (C=O) groups excluding carboxylic acids is 2. The number of methoxy groups -OCH3 is 2. The van der Waals surface area contributed by atoms with Crippen molar-refractivity contribution in [1.82, 2.24) is 14.8 Å². The molecule has 2 amide bonds. The zero-order chi connectivity index (χ0) is 26.9. The lowest BCUT2D eigenvalue weighted by Gasteiger charge is -2.34. The summed E-state index contributed by atoms with van der Waals surface area (Å²) in [6.07, 6.45) is 1.57. The van der Waals surface area contributed by atoms with Crippen LogP contribution in [0, 0.1) is 11.7 Å². The highest BCUT2D eigenvalue weighted by Crippen LogP contribution is 2.35. The van der Waals surface area contributed by atoms with E-state index in [2.05, 4.69) is 4.98 Å². The molecule has 0 bridgehead atoms. The smallest absolute Gasteiger partial charge is 0.410 e. The van der Waals surface area contributed by atoms with Gasteiger partial charge in [0.25, 0.3) is 5.91 Å². The van der Waals surface area contributed by atoms with Crippen LogP contribution in [0.1, 0.15) is 60.8 Å². The Kier molecular flexibility index (Phi) is 7.83. The maximum atomic E-state index is 15.7. The van der Waals surface area contributed by atoms with Gasteiger partial charge in [-0.05, 0) is 58.1 Å². The quantitative estimate of drug-likeness (QED) is 0.473. The normalized spacial score (nSPS) is 17.6. The van der Waals surface area contributed by atoms with Crippen LogP contribution in [0.5, 0.6) is 11.5 Å². The van der Waals surface area contributed by atoms with Crippen molar-refractivity contribution in [3.63, 3.8) is 0 Å². The predicted octanol–water partition coefficient (Wildman–Crippen LogP) is 5.24. The van der Waals surface area contributed by atoms with Gasteiger partial charge in [-0.1, -0.05) is 11.6 Å². The van der Waals surface area contributed by atoms with E-state index in [9.17, 15) is 9.59 Å². The first-order valence-corrected chi connectivity index (χ1v) is 12.7. The molecule has 0 N–H and O–H groups in total. The number of ether oxygens (including phenoxy) is 3. The largest absolute Gasteiger partial charge is 0.497 e. The van der Waals surface area contributed by atoms with Gasteiger partial charge < -0.3 is 24.0 Å². The predicted molar refractivity (Wildman–Crippen MR) is 137 cm³/mol. The number of halogens is 2. The number of carbonyl (C=O) groups is 2. The van der Waals surface area contributed by atoms with Crippen LogP contribution < -0.4 is 9.47 Å². The van der Waals surface area contributed by atoms with Gasteiger partial charge in [0.1, 0.15) is 22.3 Å². The second-order valence-corrected chi connectivity index (χ2v) is 10.9. The van der Waals surface area contributed by atoms with Gasteiger partial charge >= 0.3 is 6.09 Å². The monoisotopic (exact) mass is 533 g/mol. The van der Waals surface area contributed by atoms with Gasteiger partial charge in [-0.15, -0.1) is 0 Å². The Balaban J connectivity index is 1.50. The van der Waals surface area contributed by atoms with Gasteiger partial charge in [0, 0.05) is 36.8 Å². The van der Waals surface area contributed by atoms with E-state index in [-0.39, 0.29) is 53.0 Å². The molecule has 1 aromatic carbocycles. The van der Waals surface area contributed by atoms with Crippen molar-refractivity contribution >= 4 is 23.6 Å². The molecule has 0 radical (unpaired) electrons. The third-order valence-corrected chi connectivity index (χ3v) is 6.89. The summed E-state index contributed by atoms with van der Waals surface area (Å²) in [5.74, 6) is 0.331. The van der Waals surface area contributed by atoms with Crippen molar-refractivity contribution in [2.45, 2.75) is 58.7 Å². The molecule has 2 aliphatic heterocycles. The maximum absolute atomic E-state index is 15.7. The van der Waals surface area contributed by atoms with E-state index in [1.54, 1.807) is 31.3 Å². The summed E-state index contributed by atoms with van der Waals surface area (Å²) in [6, 6.07) is 5.33. The van der Waals surface area contributed by atoms with Crippen LogP contribution >= 0.6 is 11.6 Å². The molecule has 10 heteroatoms. The summed E-state index contributed by atoms with van der Waals surface area (Å²) in [5.41, 5.74) is 0.760. The molecule has 1 fully saturated rings. The number of pyridine rings is 1. The van der Waals surface area contributed by atoms with Gasteiger partial charge in [-0.2, -0.15) is 0 Å². The number of rotatable bonds is 6. The number of aromatic nitrogens is 1. The number of hydrogen-bond acceptors (Lipinski definition) is 6. The molecular weight excluding hydrogens is 501 g/mol. The van der Waals surface area contributed by atoms with Gasteiger partial charge in [0.15, 0.2) is 5.82 Å². The maximum Gasteiger partial charge on any atom is 0.410 e. The zero-order valence-electron chi connectivity index (χ0n) is 21.9. The molecule has 4 rings (SSSR count). The third-order valence-electron chi connectivity index (χ3n) is 6.62. The van der Waals surface area contributed by atoms with Crippen LogP contribution in [0.2, 0.25) is 5.15 Å². The molecule has 37 heavy (non-hydrogen) atoms. The first-order valence-electron chi connectivity index (χ1n) is 12.4. The van der Waals surface area contributed by atoms with Crippen LogP contribution in [0.15, 0.2) is 18.2 Å². The fourth-order valence-corrected chi connectivity index (χ4v) is 5.16. The summed E-state index contributed by atoms with van der Waals surface area (Å²) in [6.45, 7) is 6.84. The van der Waals surface area contributed by atoms with Crippen LogP contribution in [-0.2, 0) is 24.2 Å². The molecule has 3 heterocycles. The number of nitrogens with zero attached hydrogens (tertiary/aromatic N) is 3. The minimum Gasteiger partial charge on any atom is -0.497 e. The van der Waals surface area contributed by atoms with Crippen molar-refractivity contribution in [2.75, 3.05) is 27.3 Å². The SMILES string of the molecule is COc1ccc(CN2Cc3c(F)c(CC4CCCN(C(=O)OC(C)(C)C)C4)nc(Cl)c3C2=O)c(OC)c1. The average Bonchev–Trinajstić information content (AvgIpc) is 3.18. The standard InChI is InChI=1S/C27H33ClFN3O5/c1-27(2,3)37-26(34)31-10-6-7-16(13-31)11-20-23(29)19-15-32(25(33)22(19)24(28)30-20)14-17-8-9-18(35-4)12-21(17)36-5/h8-9,12,16H,6-7,10-11,13-15H2,1-5H3. The highest BCUT2D eigenvalue weighted by molar-refractivity contribution is 6.33. The van der Waals surface area contributed by atoms with E-state index in [1.165, 1.54) is 4.90 Å². The summed E-state index contributed by atoms with van der Waals surface area (Å²) in [7, 11) is 3.10. The van der Waals surface area contributed by atoms with E-state index in [0.717, 1.165) is 18.4 Å². The fourth-order valence-electron chi connectivity index (χ4n) is 4.87. The number of piperidine rings is 1. The first kappa shape index (κ1) is 27.0. The average molecular weight is 534 g/mol. The Morgan fingerprint density at radius 1 is 1.24 bits per heavy atom. The second kappa shape index (κ2) is 10.7. The summed E-state index contributed by atoms with van der Waals surface area (Å²) >= 11 is 6.43. The van der Waals surface area contributed by atoms with Crippen LogP contribution in [0.4, 0.5) is 9.18 Å². The summed E-state index contributed by atoms with van der Waals surface area (Å²) in [4.78, 5) is 33.1. The Bertz CT molecular complexity index is 1200. The van der Waals surface area contributed by atoms with Crippen molar-refractivity contribution in [3.05, 3.63) is 51.6 Å². The van der Waals surface area contributed by atoms with Crippen molar-refractivity contribution < 1.29 is 28.2 Å². The summed E-state index contributed by atoms with van der Waals surface area (Å²) < 4.78 is 31.9. The summed E-state index contributed by atoms with van der Waals surface area (Å²) in [5, 5.41) is 0.000374. The Morgan fingerprint density at radius 3 is 2.68 bits per heavy atom. The van der Waals surface area contributed by atoms with E-state index < -0.39 is 11.4 Å². The van der Waals surface area contributed by atoms with E-state index in [1.807, 2.05) is 26.8 Å². The van der Waals surface area contributed by atoms with E-state index in [0.29, 0.717) is 31.0 Å². The Morgan fingerprint density at radius 2 is 2.00 bits per heavy atom. The Hall–Kier alpha value is -3.07. The molecule has 2 aliphatic rings. The molecule has 1 saturated heterocycles. The molecule has 8 nitrogen and oxygen atoms in total. The number of likely N-dealkylation sites (tertiary alicyclic amines) is 1. The second-order valence-electron chi connectivity index (χ2n) is 10.5. The van der Waals surface area contributed by atoms with Crippen LogP contribution in [0.25, 0.3) is 0 Å². The fraction of sp³-hybridized carbons (Fsp3) is 0.519. The highest BCUT2D eigenvalue weighted by Gasteiger charge is 2.36. The minimum absolute atomic E-state index is 0.000374. The van der Waals surface area contributed by atoms with Crippen LogP contribution in [-0.4, -0.2) is 59.7 Å². The molecular formula is C27H33ClFN3O5. The lowest BCUT2D eigenvalue weighted by atomic mass is 9.92. The number of benzene rings is 1. The van der Waals surface area contributed by atoms with Crippen LogP contribution in [0.3, 0.4) is 0 Å². The number of fused-ring (bicyclic) bond motifs is 1.